The molecule has 3 heterocycles. The van der Waals surface area contributed by atoms with Crippen LogP contribution in [0.4, 0.5) is 22.0 Å². The third-order valence-electron chi connectivity index (χ3n) is 7.02. The third kappa shape index (κ3) is 4.25. The van der Waals surface area contributed by atoms with Crippen LogP contribution in [-0.4, -0.2) is 27.1 Å². The Morgan fingerprint density at radius 2 is 1.73 bits per heavy atom. The summed E-state index contributed by atoms with van der Waals surface area (Å²) in [5.74, 6) is -4.57. The van der Waals surface area contributed by atoms with Gasteiger partial charge in [0.2, 0.25) is 5.92 Å². The Labute approximate surface area is 186 Å². The van der Waals surface area contributed by atoms with Gasteiger partial charge in [0, 0.05) is 54.7 Å². The van der Waals surface area contributed by atoms with E-state index in [2.05, 4.69) is 15.0 Å². The molecule has 9 heteroatoms. The van der Waals surface area contributed by atoms with Gasteiger partial charge >= 0.3 is 6.18 Å². The fourth-order valence-electron chi connectivity index (χ4n) is 5.11. The molecule has 0 unspecified atom stereocenters. The lowest BCUT2D eigenvalue weighted by Crippen LogP contribution is -2.34. The summed E-state index contributed by atoms with van der Waals surface area (Å²) < 4.78 is 66.4. The van der Waals surface area contributed by atoms with Gasteiger partial charge < -0.3 is 4.98 Å². The van der Waals surface area contributed by atoms with Crippen molar-refractivity contribution >= 4 is 10.9 Å². The van der Waals surface area contributed by atoms with Gasteiger partial charge in [0.25, 0.3) is 0 Å². The lowest BCUT2D eigenvalue weighted by atomic mass is 9.75. The maximum absolute atomic E-state index is 13.4. The maximum Gasteiger partial charge on any atom is 0.391 e. The van der Waals surface area contributed by atoms with E-state index in [0.29, 0.717) is 40.7 Å². The number of rotatable bonds is 3. The standard InChI is InChI=1S/C24H22F5N3O/c25-23(26)9-14(10-23)20-7-16(13-1-3-15(4-2-13)24(27,28)29)17(12-31-20)21-8-22(33)18-11-30-6-5-19(18)32-21/h5-8,11-15H,1-4,9-10H2,(H,32,33). The van der Waals surface area contributed by atoms with Crippen LogP contribution in [0, 0.1) is 5.92 Å². The van der Waals surface area contributed by atoms with Gasteiger partial charge in [0.1, 0.15) is 0 Å². The SMILES string of the molecule is O=c1cc(-c2cnc(C3CC(F)(F)C3)cc2C2CCC(C(F)(F)F)CC2)[nH]c2ccncc12. The molecule has 4 nitrogen and oxygen atoms in total. The van der Waals surface area contributed by atoms with Gasteiger partial charge in [-0.3, -0.25) is 14.8 Å². The van der Waals surface area contributed by atoms with Crippen LogP contribution in [0.2, 0.25) is 0 Å². The molecule has 0 saturated heterocycles. The van der Waals surface area contributed by atoms with Gasteiger partial charge in [-0.1, -0.05) is 0 Å². The number of hydrogen-bond donors (Lipinski definition) is 1. The summed E-state index contributed by atoms with van der Waals surface area (Å²) in [7, 11) is 0. The molecular weight excluding hydrogens is 441 g/mol. The van der Waals surface area contributed by atoms with Crippen LogP contribution in [0.3, 0.4) is 0 Å². The van der Waals surface area contributed by atoms with Crippen molar-refractivity contribution in [2.24, 2.45) is 5.92 Å². The summed E-state index contributed by atoms with van der Waals surface area (Å²) >= 11 is 0. The Morgan fingerprint density at radius 1 is 1.00 bits per heavy atom. The van der Waals surface area contributed by atoms with E-state index in [-0.39, 0.29) is 42.9 Å². The Kier molecular flexibility index (Phi) is 5.25. The van der Waals surface area contributed by atoms with Gasteiger partial charge in [-0.2, -0.15) is 13.2 Å². The van der Waals surface area contributed by atoms with Gasteiger partial charge in [-0.25, -0.2) is 8.78 Å². The molecular formula is C24H22F5N3O. The second kappa shape index (κ2) is 7.88. The number of aromatic nitrogens is 3. The van der Waals surface area contributed by atoms with Crippen molar-refractivity contribution in [3.05, 3.63) is 58.3 Å². The molecule has 0 radical (unpaired) electrons. The minimum absolute atomic E-state index is 0.0205. The highest BCUT2D eigenvalue weighted by atomic mass is 19.4. The zero-order valence-electron chi connectivity index (χ0n) is 17.6. The first-order chi connectivity index (χ1) is 15.6. The molecule has 33 heavy (non-hydrogen) atoms. The number of fused-ring (bicyclic) bond motifs is 1. The molecule has 2 saturated carbocycles. The van der Waals surface area contributed by atoms with E-state index in [1.807, 2.05) is 0 Å². The number of H-pyrrole nitrogens is 1. The Morgan fingerprint density at radius 3 is 2.39 bits per heavy atom. The first kappa shape index (κ1) is 22.0. The van der Waals surface area contributed by atoms with Gasteiger partial charge in [-0.15, -0.1) is 0 Å². The van der Waals surface area contributed by atoms with Gasteiger partial charge in [-0.05, 0) is 49.3 Å². The predicted molar refractivity (Wildman–Crippen MR) is 113 cm³/mol. The molecule has 2 aliphatic carbocycles. The van der Waals surface area contributed by atoms with Gasteiger partial charge in [0.05, 0.1) is 22.5 Å². The second-order valence-corrected chi connectivity index (χ2v) is 9.22. The average Bonchev–Trinajstić information content (AvgIpc) is 2.76. The summed E-state index contributed by atoms with van der Waals surface area (Å²) in [6.07, 6.45) is 0.529. The van der Waals surface area contributed by atoms with Crippen LogP contribution in [0.25, 0.3) is 22.2 Å². The Balaban J connectivity index is 1.54. The molecule has 0 aromatic carbocycles. The number of nitrogens with zero attached hydrogens (tertiary/aromatic N) is 2. The van der Waals surface area contributed by atoms with E-state index in [9.17, 15) is 26.7 Å². The van der Waals surface area contributed by atoms with E-state index in [1.54, 1.807) is 24.5 Å². The van der Waals surface area contributed by atoms with Crippen molar-refractivity contribution in [1.82, 2.24) is 15.0 Å². The van der Waals surface area contributed by atoms with Crippen LogP contribution in [0.5, 0.6) is 0 Å². The monoisotopic (exact) mass is 463 g/mol. The van der Waals surface area contributed by atoms with Crippen LogP contribution >= 0.6 is 0 Å². The smallest absolute Gasteiger partial charge is 0.354 e. The molecule has 2 aliphatic rings. The topological polar surface area (TPSA) is 58.6 Å². The minimum Gasteiger partial charge on any atom is -0.354 e. The van der Waals surface area contributed by atoms with Crippen molar-refractivity contribution in [2.45, 2.75) is 62.5 Å². The van der Waals surface area contributed by atoms with Crippen molar-refractivity contribution in [3.8, 4) is 11.3 Å². The molecule has 2 fully saturated rings. The van der Waals surface area contributed by atoms with Crippen LogP contribution in [0.1, 0.15) is 61.6 Å². The molecule has 0 aliphatic heterocycles. The average molecular weight is 463 g/mol. The van der Waals surface area contributed by atoms with E-state index < -0.39 is 18.0 Å². The molecule has 0 spiro atoms. The van der Waals surface area contributed by atoms with E-state index in [0.717, 1.165) is 5.56 Å². The quantitative estimate of drug-likeness (QED) is 0.462. The van der Waals surface area contributed by atoms with E-state index >= 15 is 0 Å². The third-order valence-corrected chi connectivity index (χ3v) is 7.02. The molecule has 0 amide bonds. The highest BCUT2D eigenvalue weighted by molar-refractivity contribution is 5.81. The highest BCUT2D eigenvalue weighted by Crippen LogP contribution is 2.49. The fraction of sp³-hybridized carbons (Fsp3) is 0.458. The zero-order chi connectivity index (χ0) is 23.4. The zero-order valence-corrected chi connectivity index (χ0v) is 17.6. The first-order valence-electron chi connectivity index (χ1n) is 11.0. The maximum atomic E-state index is 13.4. The fourth-order valence-corrected chi connectivity index (χ4v) is 5.11. The summed E-state index contributed by atoms with van der Waals surface area (Å²) in [6, 6.07) is 4.87. The molecule has 5 rings (SSSR count). The predicted octanol–water partition coefficient (Wildman–Crippen LogP) is 6.33. The second-order valence-electron chi connectivity index (χ2n) is 9.22. The van der Waals surface area contributed by atoms with Crippen molar-refractivity contribution in [1.29, 1.82) is 0 Å². The van der Waals surface area contributed by atoms with Crippen molar-refractivity contribution in [2.75, 3.05) is 0 Å². The van der Waals surface area contributed by atoms with Gasteiger partial charge in [0.15, 0.2) is 5.43 Å². The van der Waals surface area contributed by atoms with Crippen LogP contribution in [0.15, 0.2) is 41.6 Å². The highest BCUT2D eigenvalue weighted by Gasteiger charge is 2.47. The minimum atomic E-state index is -4.22. The molecule has 3 aromatic rings. The summed E-state index contributed by atoms with van der Waals surface area (Å²) in [4.78, 5) is 24.2. The summed E-state index contributed by atoms with van der Waals surface area (Å²) in [5, 5.41) is 0.426. The lowest BCUT2D eigenvalue weighted by Gasteiger charge is -2.35. The Hall–Kier alpha value is -2.84. The number of nitrogens with one attached hydrogen (secondary N) is 1. The molecule has 1 N–H and O–H groups in total. The number of alkyl halides is 5. The first-order valence-corrected chi connectivity index (χ1v) is 11.0. The van der Waals surface area contributed by atoms with Crippen molar-refractivity contribution < 1.29 is 22.0 Å². The lowest BCUT2D eigenvalue weighted by molar-refractivity contribution is -0.182. The molecule has 0 bridgehead atoms. The van der Waals surface area contributed by atoms with Crippen LogP contribution < -0.4 is 5.43 Å². The van der Waals surface area contributed by atoms with E-state index in [4.69, 9.17) is 0 Å². The number of hydrogen-bond acceptors (Lipinski definition) is 3. The molecule has 174 valence electrons. The molecule has 3 aromatic heterocycles. The van der Waals surface area contributed by atoms with Crippen molar-refractivity contribution in [3.63, 3.8) is 0 Å². The van der Waals surface area contributed by atoms with Crippen LogP contribution in [-0.2, 0) is 0 Å². The number of pyridine rings is 3. The largest absolute Gasteiger partial charge is 0.391 e. The normalized spacial score (nSPS) is 23.4. The van der Waals surface area contributed by atoms with E-state index in [1.165, 1.54) is 12.3 Å². The number of aromatic amines is 1. The Bertz CT molecular complexity index is 1240. The summed E-state index contributed by atoms with van der Waals surface area (Å²) in [5.41, 5.74) is 2.77. The molecule has 0 atom stereocenters. The number of halogens is 5. The summed E-state index contributed by atoms with van der Waals surface area (Å²) in [6.45, 7) is 0.